The van der Waals surface area contributed by atoms with E-state index in [4.69, 9.17) is 0 Å². The fraction of sp³-hybridized carbons (Fsp3) is 0.643. The maximum Gasteiger partial charge on any atom is 0.114 e. The fourth-order valence-electron chi connectivity index (χ4n) is 2.12. The van der Waals surface area contributed by atoms with Crippen LogP contribution in [0.2, 0.25) is 0 Å². The summed E-state index contributed by atoms with van der Waals surface area (Å²) in [7, 11) is 0. The average molecular weight is 236 g/mol. The van der Waals surface area contributed by atoms with Crippen LogP contribution in [-0.2, 0) is 12.0 Å². The summed E-state index contributed by atoms with van der Waals surface area (Å²) in [5, 5.41) is 0. The van der Waals surface area contributed by atoms with E-state index in [9.17, 15) is 4.39 Å². The van der Waals surface area contributed by atoms with Crippen molar-refractivity contribution in [2.45, 2.75) is 45.3 Å². The maximum absolute atomic E-state index is 13.0. The highest BCUT2D eigenvalue weighted by Gasteiger charge is 2.22. The zero-order valence-corrected chi connectivity index (χ0v) is 10.9. The summed E-state index contributed by atoms with van der Waals surface area (Å²) in [5.74, 6) is 0. The quantitative estimate of drug-likeness (QED) is 0.785. The third kappa shape index (κ3) is 3.25. The molecule has 0 bridgehead atoms. The largest absolute Gasteiger partial charge is 0.295 e. The third-order valence-corrected chi connectivity index (χ3v) is 3.29. The topological polar surface area (TPSA) is 16.1 Å². The van der Waals surface area contributed by atoms with Crippen molar-refractivity contribution in [1.82, 2.24) is 9.88 Å². The van der Waals surface area contributed by atoms with Crippen molar-refractivity contribution >= 4 is 0 Å². The third-order valence-electron chi connectivity index (χ3n) is 3.29. The summed E-state index contributed by atoms with van der Waals surface area (Å²) in [4.78, 5) is 6.60. The highest BCUT2D eigenvalue weighted by Crippen LogP contribution is 2.21. The van der Waals surface area contributed by atoms with Crippen molar-refractivity contribution in [3.8, 4) is 0 Å². The molecule has 1 aliphatic rings. The molecule has 2 rings (SSSR count). The van der Waals surface area contributed by atoms with E-state index in [1.807, 2.05) is 6.20 Å². The lowest BCUT2D eigenvalue weighted by atomic mass is 9.88. The van der Waals surface area contributed by atoms with Gasteiger partial charge in [0.1, 0.15) is 6.17 Å². The van der Waals surface area contributed by atoms with Gasteiger partial charge in [0.15, 0.2) is 0 Å². The van der Waals surface area contributed by atoms with E-state index in [0.29, 0.717) is 13.0 Å². The minimum atomic E-state index is -0.649. The van der Waals surface area contributed by atoms with E-state index >= 15 is 0 Å². The summed E-state index contributed by atoms with van der Waals surface area (Å²) in [6.45, 7) is 8.71. The first-order valence-corrected chi connectivity index (χ1v) is 6.27. The number of halogens is 1. The number of hydrogen-bond donors (Lipinski definition) is 0. The van der Waals surface area contributed by atoms with Crippen molar-refractivity contribution in [3.63, 3.8) is 0 Å². The lowest BCUT2D eigenvalue weighted by molar-refractivity contribution is 0.280. The van der Waals surface area contributed by atoms with E-state index in [1.54, 1.807) is 0 Å². The molecular formula is C14H21FN2. The standard InChI is InChI=1S/C14H21FN2/c1-14(2,3)11-4-5-13(16-8-11)10-17-7-6-12(15)9-17/h4-5,8,12H,6-7,9-10H2,1-3H3. The molecule has 0 N–H and O–H groups in total. The second-order valence-electron chi connectivity index (χ2n) is 5.91. The molecule has 3 heteroatoms. The van der Waals surface area contributed by atoms with Crippen molar-refractivity contribution < 1.29 is 4.39 Å². The minimum Gasteiger partial charge on any atom is -0.295 e. The molecule has 0 radical (unpaired) electrons. The van der Waals surface area contributed by atoms with E-state index in [0.717, 1.165) is 18.8 Å². The molecule has 2 nitrogen and oxygen atoms in total. The van der Waals surface area contributed by atoms with Crippen molar-refractivity contribution in [2.75, 3.05) is 13.1 Å². The van der Waals surface area contributed by atoms with E-state index in [2.05, 4.69) is 42.8 Å². The van der Waals surface area contributed by atoms with Gasteiger partial charge in [0.05, 0.1) is 5.69 Å². The van der Waals surface area contributed by atoms with Gasteiger partial charge in [-0.3, -0.25) is 9.88 Å². The number of pyridine rings is 1. The molecule has 1 saturated heterocycles. The molecular weight excluding hydrogens is 215 g/mol. The summed E-state index contributed by atoms with van der Waals surface area (Å²) in [5.41, 5.74) is 2.42. The van der Waals surface area contributed by atoms with Crippen LogP contribution in [-0.4, -0.2) is 29.1 Å². The zero-order valence-electron chi connectivity index (χ0n) is 10.9. The highest BCUT2D eigenvalue weighted by atomic mass is 19.1. The van der Waals surface area contributed by atoms with Crippen molar-refractivity contribution in [2.24, 2.45) is 0 Å². The molecule has 0 aromatic carbocycles. The van der Waals surface area contributed by atoms with Crippen LogP contribution in [0.4, 0.5) is 4.39 Å². The number of rotatable bonds is 2. The van der Waals surface area contributed by atoms with Crippen molar-refractivity contribution in [3.05, 3.63) is 29.6 Å². The van der Waals surface area contributed by atoms with Crippen LogP contribution in [0.1, 0.15) is 38.4 Å². The first-order chi connectivity index (χ1) is 7.95. The van der Waals surface area contributed by atoms with Gasteiger partial charge in [-0.25, -0.2) is 4.39 Å². The zero-order chi connectivity index (χ0) is 12.5. The monoisotopic (exact) mass is 236 g/mol. The van der Waals surface area contributed by atoms with Gasteiger partial charge in [0.25, 0.3) is 0 Å². The molecule has 1 atom stereocenters. The lowest BCUT2D eigenvalue weighted by Gasteiger charge is -2.19. The summed E-state index contributed by atoms with van der Waals surface area (Å²) < 4.78 is 13.0. The number of alkyl halides is 1. The molecule has 0 aliphatic carbocycles. The Hall–Kier alpha value is -0.960. The molecule has 1 aliphatic heterocycles. The number of aromatic nitrogens is 1. The van der Waals surface area contributed by atoms with Crippen LogP contribution in [0.15, 0.2) is 18.3 Å². The van der Waals surface area contributed by atoms with Gasteiger partial charge in [0, 0.05) is 25.8 Å². The second-order valence-corrected chi connectivity index (χ2v) is 5.91. The van der Waals surface area contributed by atoms with Crippen LogP contribution in [0.25, 0.3) is 0 Å². The van der Waals surface area contributed by atoms with Crippen LogP contribution < -0.4 is 0 Å². The van der Waals surface area contributed by atoms with Gasteiger partial charge < -0.3 is 0 Å². The summed E-state index contributed by atoms with van der Waals surface area (Å²) in [6, 6.07) is 4.19. The molecule has 0 amide bonds. The Balaban J connectivity index is 1.99. The minimum absolute atomic E-state index is 0.142. The first kappa shape index (κ1) is 12.5. The molecule has 1 aromatic heterocycles. The van der Waals surface area contributed by atoms with Gasteiger partial charge in [-0.2, -0.15) is 0 Å². The van der Waals surface area contributed by atoms with Crippen LogP contribution in [0.3, 0.4) is 0 Å². The molecule has 17 heavy (non-hydrogen) atoms. The van der Waals surface area contributed by atoms with Gasteiger partial charge in [-0.1, -0.05) is 26.8 Å². The Morgan fingerprint density at radius 2 is 2.18 bits per heavy atom. The summed E-state index contributed by atoms with van der Waals surface area (Å²) >= 11 is 0. The van der Waals surface area contributed by atoms with Gasteiger partial charge >= 0.3 is 0 Å². The highest BCUT2D eigenvalue weighted by molar-refractivity contribution is 5.21. The maximum atomic E-state index is 13.0. The lowest BCUT2D eigenvalue weighted by Crippen LogP contribution is -2.21. The Morgan fingerprint density at radius 1 is 1.41 bits per heavy atom. The molecule has 2 heterocycles. The molecule has 0 spiro atoms. The predicted octanol–water partition coefficient (Wildman–Crippen LogP) is 2.92. The van der Waals surface area contributed by atoms with Gasteiger partial charge in [-0.05, 0) is 23.5 Å². The number of nitrogens with zero attached hydrogens (tertiary/aromatic N) is 2. The van der Waals surface area contributed by atoms with Crippen molar-refractivity contribution in [1.29, 1.82) is 0 Å². The molecule has 1 fully saturated rings. The molecule has 1 unspecified atom stereocenters. The SMILES string of the molecule is CC(C)(C)c1ccc(CN2CCC(F)C2)nc1. The Morgan fingerprint density at radius 3 is 2.65 bits per heavy atom. The van der Waals surface area contributed by atoms with E-state index in [1.165, 1.54) is 5.56 Å². The normalized spacial score (nSPS) is 22.0. The molecule has 0 saturated carbocycles. The average Bonchev–Trinajstić information content (AvgIpc) is 2.63. The molecule has 1 aromatic rings. The van der Waals surface area contributed by atoms with E-state index < -0.39 is 6.17 Å². The van der Waals surface area contributed by atoms with Crippen LogP contribution in [0.5, 0.6) is 0 Å². The fourth-order valence-corrected chi connectivity index (χ4v) is 2.12. The summed E-state index contributed by atoms with van der Waals surface area (Å²) in [6.07, 6.45) is 1.96. The Bertz CT molecular complexity index is 367. The molecule has 94 valence electrons. The van der Waals surface area contributed by atoms with E-state index in [-0.39, 0.29) is 5.41 Å². The Kier molecular flexibility index (Phi) is 3.48. The predicted molar refractivity (Wildman–Crippen MR) is 67.7 cm³/mol. The number of likely N-dealkylation sites (tertiary alicyclic amines) is 1. The first-order valence-electron chi connectivity index (χ1n) is 6.27. The van der Waals surface area contributed by atoms with Gasteiger partial charge in [-0.15, -0.1) is 0 Å². The van der Waals surface area contributed by atoms with Crippen LogP contribution >= 0.6 is 0 Å². The Labute approximate surface area is 103 Å². The van der Waals surface area contributed by atoms with Gasteiger partial charge in [0.2, 0.25) is 0 Å². The number of hydrogen-bond acceptors (Lipinski definition) is 2. The second kappa shape index (κ2) is 4.73. The smallest absolute Gasteiger partial charge is 0.114 e. The van der Waals surface area contributed by atoms with Crippen LogP contribution in [0, 0.1) is 0 Å².